The molecular weight excluding hydrogens is 164 g/mol. The zero-order chi connectivity index (χ0) is 10.1. The molecule has 0 amide bonds. The van der Waals surface area contributed by atoms with Gasteiger partial charge in [0.1, 0.15) is 0 Å². The largest absolute Gasteiger partial charge is 0.395 e. The van der Waals surface area contributed by atoms with Crippen LogP contribution in [-0.2, 0) is 0 Å². The van der Waals surface area contributed by atoms with Crippen LogP contribution in [0, 0.1) is 0 Å². The van der Waals surface area contributed by atoms with Crippen LogP contribution < -0.4 is 5.73 Å². The first-order chi connectivity index (χ1) is 6.24. The molecule has 13 heavy (non-hydrogen) atoms. The van der Waals surface area contributed by atoms with Crippen molar-refractivity contribution in [3.63, 3.8) is 0 Å². The van der Waals surface area contributed by atoms with E-state index in [2.05, 4.69) is 18.4 Å². The van der Waals surface area contributed by atoms with Gasteiger partial charge in [0.05, 0.1) is 6.61 Å². The number of hydrogen-bond donors (Lipinski definition) is 2. The number of hydrogen-bond acceptors (Lipinski definition) is 3. The molecule has 0 aromatic heterocycles. The summed E-state index contributed by atoms with van der Waals surface area (Å²) in [6, 6.07) is 0. The normalized spacial score (nSPS) is 10.8. The molecular formula is C10H22N2O. The van der Waals surface area contributed by atoms with Crippen LogP contribution >= 0.6 is 0 Å². The van der Waals surface area contributed by atoms with Crippen LogP contribution in [0.4, 0.5) is 0 Å². The molecule has 0 saturated carbocycles. The standard InChI is InChI=1S/C10H22N2O/c1-3-4-5-12(6-7-13)9-10(2)8-11/h13H,2-9,11H2,1H3. The molecule has 0 radical (unpaired) electrons. The van der Waals surface area contributed by atoms with E-state index in [0.717, 1.165) is 31.6 Å². The zero-order valence-electron chi connectivity index (χ0n) is 8.63. The van der Waals surface area contributed by atoms with Crippen LogP contribution in [0.15, 0.2) is 12.2 Å². The molecule has 3 N–H and O–H groups in total. The Morgan fingerprint density at radius 2 is 2.15 bits per heavy atom. The summed E-state index contributed by atoms with van der Waals surface area (Å²) in [5, 5.41) is 8.82. The number of aliphatic hydroxyl groups is 1. The lowest BCUT2D eigenvalue weighted by molar-refractivity contribution is 0.204. The van der Waals surface area contributed by atoms with E-state index in [0.29, 0.717) is 6.54 Å². The van der Waals surface area contributed by atoms with E-state index < -0.39 is 0 Å². The van der Waals surface area contributed by atoms with Gasteiger partial charge in [-0.05, 0) is 18.5 Å². The van der Waals surface area contributed by atoms with Crippen LogP contribution in [0.1, 0.15) is 19.8 Å². The molecule has 0 bridgehead atoms. The zero-order valence-corrected chi connectivity index (χ0v) is 8.63. The number of rotatable bonds is 8. The third-order valence-electron chi connectivity index (χ3n) is 1.98. The van der Waals surface area contributed by atoms with Crippen LogP contribution in [-0.4, -0.2) is 42.8 Å². The molecule has 0 aromatic rings. The fourth-order valence-electron chi connectivity index (χ4n) is 1.17. The second-order valence-corrected chi connectivity index (χ2v) is 3.31. The van der Waals surface area contributed by atoms with Gasteiger partial charge in [-0.15, -0.1) is 0 Å². The Balaban J connectivity index is 3.71. The maximum absolute atomic E-state index is 8.82. The molecule has 0 spiro atoms. The van der Waals surface area contributed by atoms with Crippen molar-refractivity contribution in [2.75, 3.05) is 32.8 Å². The Labute approximate surface area is 81.2 Å². The van der Waals surface area contributed by atoms with Crippen molar-refractivity contribution in [1.29, 1.82) is 0 Å². The van der Waals surface area contributed by atoms with Crippen LogP contribution in [0.25, 0.3) is 0 Å². The highest BCUT2D eigenvalue weighted by Crippen LogP contribution is 1.98. The van der Waals surface area contributed by atoms with Gasteiger partial charge in [-0.3, -0.25) is 4.90 Å². The van der Waals surface area contributed by atoms with E-state index in [-0.39, 0.29) is 6.61 Å². The molecule has 0 aromatic carbocycles. The Bertz CT molecular complexity index is 137. The van der Waals surface area contributed by atoms with Gasteiger partial charge in [-0.2, -0.15) is 0 Å². The minimum Gasteiger partial charge on any atom is -0.395 e. The van der Waals surface area contributed by atoms with Gasteiger partial charge in [0, 0.05) is 19.6 Å². The summed E-state index contributed by atoms with van der Waals surface area (Å²) in [7, 11) is 0. The first-order valence-electron chi connectivity index (χ1n) is 4.94. The summed E-state index contributed by atoms with van der Waals surface area (Å²) in [4.78, 5) is 2.19. The summed E-state index contributed by atoms with van der Waals surface area (Å²) in [6.45, 7) is 9.32. The number of unbranched alkanes of at least 4 members (excludes halogenated alkanes) is 1. The molecule has 0 aliphatic carbocycles. The van der Waals surface area contributed by atoms with Gasteiger partial charge < -0.3 is 10.8 Å². The van der Waals surface area contributed by atoms with Gasteiger partial charge in [0.25, 0.3) is 0 Å². The second kappa shape index (κ2) is 8.23. The van der Waals surface area contributed by atoms with E-state index in [9.17, 15) is 0 Å². The average molecular weight is 186 g/mol. The van der Waals surface area contributed by atoms with Crippen LogP contribution in [0.2, 0.25) is 0 Å². The summed E-state index contributed by atoms with van der Waals surface area (Å²) < 4.78 is 0. The number of aliphatic hydroxyl groups excluding tert-OH is 1. The minimum atomic E-state index is 0.210. The van der Waals surface area contributed by atoms with Gasteiger partial charge >= 0.3 is 0 Å². The maximum Gasteiger partial charge on any atom is 0.0558 e. The van der Waals surface area contributed by atoms with Gasteiger partial charge in [-0.25, -0.2) is 0 Å². The molecule has 3 nitrogen and oxygen atoms in total. The molecule has 0 rings (SSSR count). The minimum absolute atomic E-state index is 0.210. The highest BCUT2D eigenvalue weighted by Gasteiger charge is 2.04. The van der Waals surface area contributed by atoms with Crippen molar-refractivity contribution >= 4 is 0 Å². The fourth-order valence-corrected chi connectivity index (χ4v) is 1.17. The molecule has 3 heteroatoms. The molecule has 0 atom stereocenters. The van der Waals surface area contributed by atoms with Gasteiger partial charge in [0.15, 0.2) is 0 Å². The maximum atomic E-state index is 8.82. The average Bonchev–Trinajstić information content (AvgIpc) is 2.14. The van der Waals surface area contributed by atoms with E-state index >= 15 is 0 Å². The SMILES string of the molecule is C=C(CN)CN(CCO)CCCC. The molecule has 0 unspecified atom stereocenters. The summed E-state index contributed by atoms with van der Waals surface area (Å²) in [5.74, 6) is 0. The summed E-state index contributed by atoms with van der Waals surface area (Å²) in [6.07, 6.45) is 2.34. The highest BCUT2D eigenvalue weighted by atomic mass is 16.3. The van der Waals surface area contributed by atoms with Crippen LogP contribution in [0.5, 0.6) is 0 Å². The Morgan fingerprint density at radius 1 is 1.46 bits per heavy atom. The Morgan fingerprint density at radius 3 is 2.62 bits per heavy atom. The first-order valence-corrected chi connectivity index (χ1v) is 4.94. The van der Waals surface area contributed by atoms with Crippen LogP contribution in [0.3, 0.4) is 0 Å². The predicted molar refractivity (Wildman–Crippen MR) is 56.6 cm³/mol. The van der Waals surface area contributed by atoms with Crippen molar-refractivity contribution in [2.45, 2.75) is 19.8 Å². The monoisotopic (exact) mass is 186 g/mol. The smallest absolute Gasteiger partial charge is 0.0558 e. The quantitative estimate of drug-likeness (QED) is 0.546. The second-order valence-electron chi connectivity index (χ2n) is 3.31. The van der Waals surface area contributed by atoms with E-state index in [1.54, 1.807) is 0 Å². The summed E-state index contributed by atoms with van der Waals surface area (Å²) >= 11 is 0. The molecule has 0 fully saturated rings. The van der Waals surface area contributed by atoms with Crippen molar-refractivity contribution in [2.24, 2.45) is 5.73 Å². The highest BCUT2D eigenvalue weighted by molar-refractivity contribution is 4.98. The molecule has 78 valence electrons. The molecule has 0 heterocycles. The fraction of sp³-hybridized carbons (Fsp3) is 0.800. The first kappa shape index (κ1) is 12.6. The van der Waals surface area contributed by atoms with E-state index in [1.165, 1.54) is 6.42 Å². The lowest BCUT2D eigenvalue weighted by atomic mass is 10.2. The Hall–Kier alpha value is -0.380. The third kappa shape index (κ3) is 6.75. The topological polar surface area (TPSA) is 49.5 Å². The Kier molecular flexibility index (Phi) is 7.99. The van der Waals surface area contributed by atoms with Crippen molar-refractivity contribution in [1.82, 2.24) is 4.90 Å². The summed E-state index contributed by atoms with van der Waals surface area (Å²) in [5.41, 5.74) is 6.49. The van der Waals surface area contributed by atoms with Gasteiger partial charge in [-0.1, -0.05) is 19.9 Å². The number of nitrogens with two attached hydrogens (primary N) is 1. The number of nitrogens with zero attached hydrogens (tertiary/aromatic N) is 1. The lowest BCUT2D eigenvalue weighted by Gasteiger charge is -2.21. The molecule has 0 saturated heterocycles. The molecule has 0 aliphatic heterocycles. The lowest BCUT2D eigenvalue weighted by Crippen LogP contribution is -2.31. The predicted octanol–water partition coefficient (Wildman–Crippen LogP) is 0.596. The molecule has 0 aliphatic rings. The van der Waals surface area contributed by atoms with Crippen molar-refractivity contribution in [3.8, 4) is 0 Å². The third-order valence-corrected chi connectivity index (χ3v) is 1.98. The van der Waals surface area contributed by atoms with E-state index in [4.69, 9.17) is 10.8 Å². The van der Waals surface area contributed by atoms with E-state index in [1.807, 2.05) is 0 Å². The van der Waals surface area contributed by atoms with Crippen molar-refractivity contribution in [3.05, 3.63) is 12.2 Å². The van der Waals surface area contributed by atoms with Gasteiger partial charge in [0.2, 0.25) is 0 Å². The van der Waals surface area contributed by atoms with Crippen molar-refractivity contribution < 1.29 is 5.11 Å².